The zero-order valence-electron chi connectivity index (χ0n) is 15.0. The predicted molar refractivity (Wildman–Crippen MR) is 95.4 cm³/mol. The molecular formula is C19H33NO3. The fourth-order valence-electron chi connectivity index (χ4n) is 2.44. The van der Waals surface area contributed by atoms with Gasteiger partial charge in [0.15, 0.2) is 11.5 Å². The standard InChI is InChI=1S/C19H33NO3/c1-4-5-6-7-8-9-12-20-16-17-10-11-18(19(15-17)22-3)23-14-13-21-2/h10-11,15,20H,4-9,12-14,16H2,1-3H3. The van der Waals surface area contributed by atoms with Crippen molar-refractivity contribution < 1.29 is 14.2 Å². The summed E-state index contributed by atoms with van der Waals surface area (Å²) in [5.41, 5.74) is 1.21. The number of hydrogen-bond donors (Lipinski definition) is 1. The van der Waals surface area contributed by atoms with E-state index in [-0.39, 0.29) is 0 Å². The molecule has 4 nitrogen and oxygen atoms in total. The second-order valence-corrected chi connectivity index (χ2v) is 5.77. The van der Waals surface area contributed by atoms with Crippen LogP contribution in [0.3, 0.4) is 0 Å². The number of rotatable bonds is 14. The van der Waals surface area contributed by atoms with Gasteiger partial charge < -0.3 is 19.5 Å². The quantitative estimate of drug-likeness (QED) is 0.522. The van der Waals surface area contributed by atoms with E-state index in [2.05, 4.69) is 18.3 Å². The minimum atomic E-state index is 0.530. The van der Waals surface area contributed by atoms with Crippen LogP contribution < -0.4 is 14.8 Å². The molecule has 0 amide bonds. The van der Waals surface area contributed by atoms with Crippen molar-refractivity contribution in [3.05, 3.63) is 23.8 Å². The topological polar surface area (TPSA) is 39.7 Å². The molecule has 23 heavy (non-hydrogen) atoms. The maximum absolute atomic E-state index is 5.64. The van der Waals surface area contributed by atoms with Crippen LogP contribution >= 0.6 is 0 Å². The molecular weight excluding hydrogens is 290 g/mol. The van der Waals surface area contributed by atoms with Crippen LogP contribution in [0.1, 0.15) is 51.0 Å². The van der Waals surface area contributed by atoms with Crippen molar-refractivity contribution in [2.24, 2.45) is 0 Å². The molecule has 0 aliphatic carbocycles. The molecule has 0 bridgehead atoms. The Labute approximate surface area is 141 Å². The molecule has 1 rings (SSSR count). The first kappa shape index (κ1) is 19.8. The molecule has 0 aliphatic heterocycles. The Balaban J connectivity index is 2.26. The molecule has 0 saturated heterocycles. The van der Waals surface area contributed by atoms with E-state index in [4.69, 9.17) is 14.2 Å². The summed E-state index contributed by atoms with van der Waals surface area (Å²) in [4.78, 5) is 0. The van der Waals surface area contributed by atoms with Gasteiger partial charge in [-0.15, -0.1) is 0 Å². The van der Waals surface area contributed by atoms with Crippen LogP contribution in [0.25, 0.3) is 0 Å². The highest BCUT2D eigenvalue weighted by Crippen LogP contribution is 2.28. The number of unbranched alkanes of at least 4 members (excludes halogenated alkanes) is 5. The summed E-state index contributed by atoms with van der Waals surface area (Å²) in [6.45, 7) is 5.29. The van der Waals surface area contributed by atoms with Crippen LogP contribution in [0.2, 0.25) is 0 Å². The summed E-state index contributed by atoms with van der Waals surface area (Å²) in [5.74, 6) is 1.55. The van der Waals surface area contributed by atoms with Gasteiger partial charge in [-0.2, -0.15) is 0 Å². The second kappa shape index (κ2) is 13.2. The zero-order chi connectivity index (χ0) is 16.8. The number of hydrogen-bond acceptors (Lipinski definition) is 4. The lowest BCUT2D eigenvalue weighted by Gasteiger charge is -2.12. The highest BCUT2D eigenvalue weighted by atomic mass is 16.5. The Bertz CT molecular complexity index is 410. The van der Waals surface area contributed by atoms with Crippen molar-refractivity contribution in [3.8, 4) is 11.5 Å². The lowest BCUT2D eigenvalue weighted by molar-refractivity contribution is 0.144. The van der Waals surface area contributed by atoms with Crippen molar-refractivity contribution in [1.29, 1.82) is 0 Å². The first-order chi connectivity index (χ1) is 11.3. The molecule has 4 heteroatoms. The van der Waals surface area contributed by atoms with Crippen LogP contribution in [0.4, 0.5) is 0 Å². The molecule has 0 aromatic heterocycles. The molecule has 132 valence electrons. The van der Waals surface area contributed by atoms with Gasteiger partial charge in [0.2, 0.25) is 0 Å². The lowest BCUT2D eigenvalue weighted by atomic mass is 10.1. The van der Waals surface area contributed by atoms with Gasteiger partial charge >= 0.3 is 0 Å². The summed E-state index contributed by atoms with van der Waals surface area (Å²) in [6, 6.07) is 6.09. The second-order valence-electron chi connectivity index (χ2n) is 5.77. The Hall–Kier alpha value is -1.26. The molecule has 0 aliphatic rings. The van der Waals surface area contributed by atoms with Gasteiger partial charge in [0.05, 0.1) is 13.7 Å². The van der Waals surface area contributed by atoms with E-state index >= 15 is 0 Å². The fraction of sp³-hybridized carbons (Fsp3) is 0.684. The van der Waals surface area contributed by atoms with Crippen LogP contribution in [0.15, 0.2) is 18.2 Å². The smallest absolute Gasteiger partial charge is 0.161 e. The molecule has 0 spiro atoms. The van der Waals surface area contributed by atoms with E-state index in [9.17, 15) is 0 Å². The Morgan fingerprint density at radius 1 is 0.913 bits per heavy atom. The average molecular weight is 323 g/mol. The normalized spacial score (nSPS) is 10.7. The number of methoxy groups -OCH3 is 2. The van der Waals surface area contributed by atoms with E-state index in [0.717, 1.165) is 24.6 Å². The van der Waals surface area contributed by atoms with Gasteiger partial charge in [-0.05, 0) is 30.7 Å². The first-order valence-corrected chi connectivity index (χ1v) is 8.81. The van der Waals surface area contributed by atoms with E-state index in [1.165, 1.54) is 44.1 Å². The van der Waals surface area contributed by atoms with Crippen LogP contribution in [-0.4, -0.2) is 34.0 Å². The monoisotopic (exact) mass is 323 g/mol. The molecule has 0 heterocycles. The third kappa shape index (κ3) is 8.82. The Kier molecular flexibility index (Phi) is 11.4. The van der Waals surface area contributed by atoms with Gasteiger partial charge in [-0.1, -0.05) is 45.1 Å². The number of ether oxygens (including phenoxy) is 3. The molecule has 1 aromatic rings. The van der Waals surface area contributed by atoms with E-state index in [0.29, 0.717) is 13.2 Å². The molecule has 1 aromatic carbocycles. The molecule has 0 radical (unpaired) electrons. The minimum Gasteiger partial charge on any atom is -0.493 e. The molecule has 0 saturated carbocycles. The summed E-state index contributed by atoms with van der Waals surface area (Å²) >= 11 is 0. The van der Waals surface area contributed by atoms with Crippen molar-refractivity contribution >= 4 is 0 Å². The van der Waals surface area contributed by atoms with Gasteiger partial charge in [0.25, 0.3) is 0 Å². The maximum Gasteiger partial charge on any atom is 0.161 e. The van der Waals surface area contributed by atoms with E-state index in [1.54, 1.807) is 14.2 Å². The van der Waals surface area contributed by atoms with Gasteiger partial charge in [0.1, 0.15) is 6.61 Å². The lowest BCUT2D eigenvalue weighted by Crippen LogP contribution is -2.14. The first-order valence-electron chi connectivity index (χ1n) is 8.81. The highest BCUT2D eigenvalue weighted by Gasteiger charge is 2.05. The zero-order valence-corrected chi connectivity index (χ0v) is 15.0. The van der Waals surface area contributed by atoms with Crippen LogP contribution in [0.5, 0.6) is 11.5 Å². The van der Waals surface area contributed by atoms with Gasteiger partial charge in [0, 0.05) is 13.7 Å². The van der Waals surface area contributed by atoms with Crippen LogP contribution in [-0.2, 0) is 11.3 Å². The Morgan fingerprint density at radius 2 is 1.70 bits per heavy atom. The van der Waals surface area contributed by atoms with Crippen molar-refractivity contribution in [2.45, 2.75) is 52.0 Å². The third-order valence-electron chi connectivity index (χ3n) is 3.81. The van der Waals surface area contributed by atoms with Crippen molar-refractivity contribution in [3.63, 3.8) is 0 Å². The fourth-order valence-corrected chi connectivity index (χ4v) is 2.44. The predicted octanol–water partition coefficient (Wildman–Crippen LogP) is 4.17. The summed E-state index contributed by atoms with van der Waals surface area (Å²) in [7, 11) is 3.34. The maximum atomic E-state index is 5.64. The van der Waals surface area contributed by atoms with Crippen molar-refractivity contribution in [2.75, 3.05) is 34.0 Å². The largest absolute Gasteiger partial charge is 0.493 e. The van der Waals surface area contributed by atoms with Crippen molar-refractivity contribution in [1.82, 2.24) is 5.32 Å². The summed E-state index contributed by atoms with van der Waals surface area (Å²) in [5, 5.41) is 3.50. The summed E-state index contributed by atoms with van der Waals surface area (Å²) in [6.07, 6.45) is 7.98. The average Bonchev–Trinajstić information content (AvgIpc) is 2.58. The van der Waals surface area contributed by atoms with Crippen LogP contribution in [0, 0.1) is 0 Å². The Morgan fingerprint density at radius 3 is 2.43 bits per heavy atom. The van der Waals surface area contributed by atoms with Gasteiger partial charge in [-0.25, -0.2) is 0 Å². The minimum absolute atomic E-state index is 0.530. The molecule has 0 atom stereocenters. The van der Waals surface area contributed by atoms with E-state index in [1.807, 2.05) is 12.1 Å². The molecule has 1 N–H and O–H groups in total. The molecule has 0 fully saturated rings. The SMILES string of the molecule is CCCCCCCCNCc1ccc(OCCOC)c(OC)c1. The van der Waals surface area contributed by atoms with E-state index < -0.39 is 0 Å². The summed E-state index contributed by atoms with van der Waals surface area (Å²) < 4.78 is 16.0. The molecule has 0 unspecified atom stereocenters. The number of benzene rings is 1. The number of nitrogens with one attached hydrogen (secondary N) is 1. The van der Waals surface area contributed by atoms with Gasteiger partial charge in [-0.3, -0.25) is 0 Å². The third-order valence-corrected chi connectivity index (χ3v) is 3.81. The highest BCUT2D eigenvalue weighted by molar-refractivity contribution is 5.42.